The van der Waals surface area contributed by atoms with Crippen LogP contribution >= 0.6 is 31.9 Å². The third-order valence-electron chi connectivity index (χ3n) is 3.32. The van der Waals surface area contributed by atoms with E-state index < -0.39 is 0 Å². The quantitative estimate of drug-likeness (QED) is 0.736. The molecule has 1 fully saturated rings. The molecule has 2 atom stereocenters. The predicted octanol–water partition coefficient (Wildman–Crippen LogP) is 4.50. The first kappa shape index (κ1) is 13.2. The van der Waals surface area contributed by atoms with E-state index in [0.29, 0.717) is 10.7 Å². The summed E-state index contributed by atoms with van der Waals surface area (Å²) in [6, 6.07) is 4.13. The Labute approximate surface area is 119 Å². The van der Waals surface area contributed by atoms with Crippen molar-refractivity contribution in [2.24, 2.45) is 0 Å². The van der Waals surface area contributed by atoms with Crippen LogP contribution in [0.3, 0.4) is 0 Å². The molecule has 94 valence electrons. The lowest BCUT2D eigenvalue weighted by atomic mass is 9.96. The fourth-order valence-corrected chi connectivity index (χ4v) is 3.85. The fourth-order valence-electron chi connectivity index (χ4n) is 2.45. The Morgan fingerprint density at radius 2 is 1.94 bits per heavy atom. The summed E-state index contributed by atoms with van der Waals surface area (Å²) < 4.78 is 11.7. The highest BCUT2D eigenvalue weighted by molar-refractivity contribution is 9.10. The van der Waals surface area contributed by atoms with Gasteiger partial charge in [-0.3, -0.25) is 0 Å². The van der Waals surface area contributed by atoms with Gasteiger partial charge in [0.15, 0.2) is 0 Å². The van der Waals surface area contributed by atoms with Crippen LogP contribution in [-0.4, -0.2) is 19.0 Å². The minimum absolute atomic E-state index is 0.580. The Bertz CT molecular complexity index is 407. The minimum Gasteiger partial charge on any atom is -0.495 e. The van der Waals surface area contributed by atoms with Gasteiger partial charge in [0.1, 0.15) is 16.0 Å². The minimum atomic E-state index is 0.580. The standard InChI is InChI=1S/C13H16Br2O2/c1-16-11-6-5-10(13(17-2)12(11)15)8-3-4-9(14)7-8/h5-6,8-9H,3-4,7H2,1-2H3. The number of hydrogen-bond acceptors (Lipinski definition) is 2. The zero-order valence-corrected chi connectivity index (χ0v) is 13.2. The van der Waals surface area contributed by atoms with Crippen LogP contribution in [-0.2, 0) is 0 Å². The second-order valence-electron chi connectivity index (χ2n) is 4.31. The molecule has 0 aromatic heterocycles. The van der Waals surface area contributed by atoms with Crippen LogP contribution in [0.4, 0.5) is 0 Å². The van der Waals surface area contributed by atoms with Gasteiger partial charge in [0.25, 0.3) is 0 Å². The molecule has 1 aliphatic rings. The van der Waals surface area contributed by atoms with Crippen molar-refractivity contribution in [3.8, 4) is 11.5 Å². The Kier molecular flexibility index (Phi) is 4.36. The van der Waals surface area contributed by atoms with E-state index in [1.54, 1.807) is 14.2 Å². The molecule has 0 radical (unpaired) electrons. The normalized spacial score (nSPS) is 23.8. The van der Waals surface area contributed by atoms with E-state index in [1.165, 1.54) is 24.8 Å². The van der Waals surface area contributed by atoms with E-state index in [1.807, 2.05) is 6.07 Å². The second-order valence-corrected chi connectivity index (χ2v) is 6.40. The molecule has 1 saturated carbocycles. The smallest absolute Gasteiger partial charge is 0.140 e. The van der Waals surface area contributed by atoms with Crippen LogP contribution in [0.2, 0.25) is 0 Å². The maximum absolute atomic E-state index is 5.52. The third-order valence-corrected chi connectivity index (χ3v) is 4.91. The van der Waals surface area contributed by atoms with Gasteiger partial charge in [0, 0.05) is 4.83 Å². The highest BCUT2D eigenvalue weighted by Gasteiger charge is 2.27. The first-order valence-corrected chi connectivity index (χ1v) is 7.42. The molecule has 2 unspecified atom stereocenters. The number of rotatable bonds is 3. The molecule has 0 spiro atoms. The Balaban J connectivity index is 2.37. The zero-order valence-electron chi connectivity index (χ0n) is 10.0. The van der Waals surface area contributed by atoms with Crippen molar-refractivity contribution in [3.05, 3.63) is 22.2 Å². The van der Waals surface area contributed by atoms with Crippen LogP contribution in [0, 0.1) is 0 Å². The molecular weight excluding hydrogens is 348 g/mol. The first-order chi connectivity index (χ1) is 8.17. The number of ether oxygens (including phenoxy) is 2. The van der Waals surface area contributed by atoms with Crippen molar-refractivity contribution in [1.29, 1.82) is 0 Å². The molecule has 0 N–H and O–H groups in total. The van der Waals surface area contributed by atoms with Crippen LogP contribution in [0.15, 0.2) is 16.6 Å². The monoisotopic (exact) mass is 362 g/mol. The number of hydrogen-bond donors (Lipinski definition) is 0. The molecular formula is C13H16Br2O2. The summed E-state index contributed by atoms with van der Waals surface area (Å²) in [5, 5.41) is 0. The first-order valence-electron chi connectivity index (χ1n) is 5.71. The average Bonchev–Trinajstić information content (AvgIpc) is 2.75. The maximum atomic E-state index is 5.52. The summed E-state index contributed by atoms with van der Waals surface area (Å²) in [5.74, 6) is 2.31. The summed E-state index contributed by atoms with van der Waals surface area (Å²) >= 11 is 7.24. The predicted molar refractivity (Wildman–Crippen MR) is 76.6 cm³/mol. The number of halogens is 2. The summed E-state index contributed by atoms with van der Waals surface area (Å²) in [6.45, 7) is 0. The lowest BCUT2D eigenvalue weighted by Gasteiger charge is -2.17. The second kappa shape index (κ2) is 5.61. The van der Waals surface area contributed by atoms with Crippen molar-refractivity contribution >= 4 is 31.9 Å². The van der Waals surface area contributed by atoms with Crippen LogP contribution < -0.4 is 9.47 Å². The van der Waals surface area contributed by atoms with E-state index in [-0.39, 0.29) is 0 Å². The molecule has 0 bridgehead atoms. The van der Waals surface area contributed by atoms with Crippen molar-refractivity contribution < 1.29 is 9.47 Å². The van der Waals surface area contributed by atoms with Crippen LogP contribution in [0.25, 0.3) is 0 Å². The molecule has 0 amide bonds. The highest BCUT2D eigenvalue weighted by Crippen LogP contribution is 2.46. The van der Waals surface area contributed by atoms with Gasteiger partial charge in [-0.25, -0.2) is 0 Å². The molecule has 1 aliphatic carbocycles. The van der Waals surface area contributed by atoms with Gasteiger partial charge in [-0.2, -0.15) is 0 Å². The topological polar surface area (TPSA) is 18.5 Å². The van der Waals surface area contributed by atoms with Crippen molar-refractivity contribution in [1.82, 2.24) is 0 Å². The van der Waals surface area contributed by atoms with E-state index >= 15 is 0 Å². The van der Waals surface area contributed by atoms with Gasteiger partial charge in [0.2, 0.25) is 0 Å². The highest BCUT2D eigenvalue weighted by atomic mass is 79.9. The van der Waals surface area contributed by atoms with Crippen molar-refractivity contribution in [2.45, 2.75) is 30.0 Å². The number of alkyl halides is 1. The molecule has 2 nitrogen and oxygen atoms in total. The summed E-state index contributed by atoms with van der Waals surface area (Å²) in [4.78, 5) is 0.637. The van der Waals surface area contributed by atoms with Crippen molar-refractivity contribution in [2.75, 3.05) is 14.2 Å². The fraction of sp³-hybridized carbons (Fsp3) is 0.538. The van der Waals surface area contributed by atoms with Gasteiger partial charge < -0.3 is 9.47 Å². The molecule has 17 heavy (non-hydrogen) atoms. The van der Waals surface area contributed by atoms with E-state index in [9.17, 15) is 0 Å². The van der Waals surface area contributed by atoms with Crippen LogP contribution in [0.1, 0.15) is 30.7 Å². The summed E-state index contributed by atoms with van der Waals surface area (Å²) in [6.07, 6.45) is 3.62. The van der Waals surface area contributed by atoms with Crippen LogP contribution in [0.5, 0.6) is 11.5 Å². The Hall–Kier alpha value is -0.220. The van der Waals surface area contributed by atoms with Gasteiger partial charge in [0.05, 0.1) is 14.2 Å². The van der Waals surface area contributed by atoms with Crippen molar-refractivity contribution in [3.63, 3.8) is 0 Å². The lowest BCUT2D eigenvalue weighted by molar-refractivity contribution is 0.383. The molecule has 0 heterocycles. The summed E-state index contributed by atoms with van der Waals surface area (Å²) in [7, 11) is 3.38. The molecule has 1 aromatic rings. The molecule has 0 saturated heterocycles. The SMILES string of the molecule is COc1ccc(C2CCC(Br)C2)c(OC)c1Br. The molecule has 4 heteroatoms. The van der Waals surface area contributed by atoms with E-state index in [0.717, 1.165) is 16.0 Å². The van der Waals surface area contributed by atoms with E-state index in [2.05, 4.69) is 37.9 Å². The van der Waals surface area contributed by atoms with E-state index in [4.69, 9.17) is 9.47 Å². The maximum Gasteiger partial charge on any atom is 0.140 e. The molecule has 2 rings (SSSR count). The number of methoxy groups -OCH3 is 2. The van der Waals surface area contributed by atoms with Gasteiger partial charge in [-0.1, -0.05) is 22.0 Å². The van der Waals surface area contributed by atoms with Gasteiger partial charge in [-0.15, -0.1) is 0 Å². The Morgan fingerprint density at radius 3 is 2.47 bits per heavy atom. The largest absolute Gasteiger partial charge is 0.495 e. The summed E-state index contributed by atoms with van der Waals surface area (Å²) in [5.41, 5.74) is 1.28. The van der Waals surface area contributed by atoms with Gasteiger partial charge >= 0.3 is 0 Å². The zero-order chi connectivity index (χ0) is 12.4. The molecule has 0 aliphatic heterocycles. The number of benzene rings is 1. The molecule has 1 aromatic carbocycles. The van der Waals surface area contributed by atoms with Gasteiger partial charge in [-0.05, 0) is 52.7 Å². The average molecular weight is 364 g/mol. The lowest BCUT2D eigenvalue weighted by Crippen LogP contribution is -2.00. The third kappa shape index (κ3) is 2.63. The Morgan fingerprint density at radius 1 is 1.18 bits per heavy atom.